The third-order valence-electron chi connectivity index (χ3n) is 5.34. The lowest BCUT2D eigenvalue weighted by molar-refractivity contribution is 0.165. The molecule has 0 radical (unpaired) electrons. The molecular weight excluding hydrogens is 344 g/mol. The van der Waals surface area contributed by atoms with Crippen LogP contribution in [0.4, 0.5) is 0 Å². The fraction of sp³-hybridized carbons (Fsp3) is 0.429. The standard InChI is InChI=1S/C21H26N2O2S/c24-26(25,20-13-14-20)22-19-12-7-15-23(16-19)21(17-8-3-1-4-9-17)18-10-5-2-6-11-18/h1-6,8-11,19-22H,7,12-16H2. The van der Waals surface area contributed by atoms with Gasteiger partial charge in [-0.3, -0.25) is 4.90 Å². The molecule has 2 fully saturated rings. The molecule has 1 atom stereocenters. The third-order valence-corrected chi connectivity index (χ3v) is 7.35. The maximum atomic E-state index is 12.3. The molecule has 1 heterocycles. The summed E-state index contributed by atoms with van der Waals surface area (Å²) in [6.45, 7) is 1.73. The quantitative estimate of drug-likeness (QED) is 0.849. The van der Waals surface area contributed by atoms with Crippen LogP contribution in [0.3, 0.4) is 0 Å². The van der Waals surface area contributed by atoms with Crippen molar-refractivity contribution in [2.24, 2.45) is 0 Å². The van der Waals surface area contributed by atoms with Gasteiger partial charge in [-0.25, -0.2) is 13.1 Å². The first-order valence-corrected chi connectivity index (χ1v) is 11.0. The molecular formula is C21H26N2O2S. The minimum absolute atomic E-state index is 0.00396. The van der Waals surface area contributed by atoms with E-state index in [9.17, 15) is 8.42 Å². The molecule has 1 saturated carbocycles. The van der Waals surface area contributed by atoms with Gasteiger partial charge in [-0.1, -0.05) is 60.7 Å². The van der Waals surface area contributed by atoms with Crippen molar-refractivity contribution in [2.45, 2.75) is 43.0 Å². The summed E-state index contributed by atoms with van der Waals surface area (Å²) in [5.41, 5.74) is 2.51. The Hall–Kier alpha value is -1.69. The summed E-state index contributed by atoms with van der Waals surface area (Å²) in [5.74, 6) is 0. The lowest BCUT2D eigenvalue weighted by Crippen LogP contribution is -2.49. The van der Waals surface area contributed by atoms with Crippen molar-refractivity contribution in [3.63, 3.8) is 0 Å². The second-order valence-corrected chi connectivity index (χ2v) is 9.41. The molecule has 0 aromatic heterocycles. The minimum Gasteiger partial charge on any atom is -0.291 e. The Morgan fingerprint density at radius 2 is 1.46 bits per heavy atom. The average molecular weight is 371 g/mol. The van der Waals surface area contributed by atoms with Gasteiger partial charge in [0.2, 0.25) is 10.0 Å². The van der Waals surface area contributed by atoms with Gasteiger partial charge in [-0.2, -0.15) is 0 Å². The number of rotatable bonds is 6. The fourth-order valence-electron chi connectivity index (χ4n) is 3.93. The van der Waals surface area contributed by atoms with Crippen LogP contribution >= 0.6 is 0 Å². The molecule has 1 aliphatic heterocycles. The number of piperidine rings is 1. The van der Waals surface area contributed by atoms with Crippen LogP contribution in [0.1, 0.15) is 42.9 Å². The van der Waals surface area contributed by atoms with Gasteiger partial charge in [-0.05, 0) is 43.4 Å². The van der Waals surface area contributed by atoms with Crippen molar-refractivity contribution in [2.75, 3.05) is 13.1 Å². The molecule has 1 N–H and O–H groups in total. The number of nitrogens with zero attached hydrogens (tertiary/aromatic N) is 1. The third kappa shape index (κ3) is 4.00. The average Bonchev–Trinajstić information content (AvgIpc) is 3.50. The van der Waals surface area contributed by atoms with E-state index in [1.807, 2.05) is 12.1 Å². The summed E-state index contributed by atoms with van der Waals surface area (Å²) in [7, 11) is -3.14. The summed E-state index contributed by atoms with van der Waals surface area (Å²) < 4.78 is 27.7. The summed E-state index contributed by atoms with van der Waals surface area (Å²) in [5, 5.41) is -0.156. The molecule has 1 saturated heterocycles. The second-order valence-electron chi connectivity index (χ2n) is 7.42. The van der Waals surface area contributed by atoms with E-state index in [-0.39, 0.29) is 17.3 Å². The molecule has 138 valence electrons. The highest BCUT2D eigenvalue weighted by Gasteiger charge is 2.38. The maximum Gasteiger partial charge on any atom is 0.214 e. The summed E-state index contributed by atoms with van der Waals surface area (Å²) in [6, 6.07) is 21.2. The normalized spacial score (nSPS) is 21.8. The first-order chi connectivity index (χ1) is 12.6. The number of benzene rings is 2. The number of nitrogens with one attached hydrogen (secondary N) is 1. The molecule has 4 nitrogen and oxygen atoms in total. The summed E-state index contributed by atoms with van der Waals surface area (Å²) >= 11 is 0. The minimum atomic E-state index is -3.14. The highest BCUT2D eigenvalue weighted by atomic mass is 32.2. The largest absolute Gasteiger partial charge is 0.291 e. The Morgan fingerprint density at radius 3 is 2.00 bits per heavy atom. The summed E-state index contributed by atoms with van der Waals surface area (Å²) in [4.78, 5) is 2.42. The SMILES string of the molecule is O=S(=O)(NC1CCCN(C(c2ccccc2)c2ccccc2)C1)C1CC1. The zero-order valence-electron chi connectivity index (χ0n) is 14.9. The Balaban J connectivity index is 1.57. The van der Waals surface area contributed by atoms with Crippen LogP contribution in [-0.4, -0.2) is 37.7 Å². The number of likely N-dealkylation sites (tertiary alicyclic amines) is 1. The van der Waals surface area contributed by atoms with Crippen molar-refractivity contribution in [3.8, 4) is 0 Å². The molecule has 1 aliphatic carbocycles. The summed E-state index contributed by atoms with van der Waals surface area (Å²) in [6.07, 6.45) is 3.54. The van der Waals surface area contributed by atoms with E-state index < -0.39 is 10.0 Å². The van der Waals surface area contributed by atoms with Gasteiger partial charge in [0.25, 0.3) is 0 Å². The van der Waals surface area contributed by atoms with Gasteiger partial charge in [0.15, 0.2) is 0 Å². The van der Waals surface area contributed by atoms with Gasteiger partial charge in [0.1, 0.15) is 0 Å². The molecule has 4 rings (SSSR count). The monoisotopic (exact) mass is 370 g/mol. The van der Waals surface area contributed by atoms with Crippen LogP contribution in [0, 0.1) is 0 Å². The second kappa shape index (κ2) is 7.51. The van der Waals surface area contributed by atoms with E-state index in [4.69, 9.17) is 0 Å². The predicted octanol–water partition coefficient (Wildman–Crippen LogP) is 3.32. The van der Waals surface area contributed by atoms with Crippen LogP contribution in [0.15, 0.2) is 60.7 Å². The Morgan fingerprint density at radius 1 is 0.885 bits per heavy atom. The van der Waals surface area contributed by atoms with E-state index in [1.165, 1.54) is 11.1 Å². The maximum absolute atomic E-state index is 12.3. The fourth-order valence-corrected chi connectivity index (χ4v) is 5.53. The van der Waals surface area contributed by atoms with Gasteiger partial charge < -0.3 is 0 Å². The van der Waals surface area contributed by atoms with Crippen LogP contribution in [-0.2, 0) is 10.0 Å². The van der Waals surface area contributed by atoms with Crippen molar-refractivity contribution in [1.29, 1.82) is 0 Å². The van der Waals surface area contributed by atoms with Crippen molar-refractivity contribution in [3.05, 3.63) is 71.8 Å². The Labute approximate surface area is 156 Å². The first kappa shape index (κ1) is 17.7. The highest BCUT2D eigenvalue weighted by molar-refractivity contribution is 7.90. The Bertz CT molecular complexity index is 780. The lowest BCUT2D eigenvalue weighted by Gasteiger charge is -2.39. The smallest absolute Gasteiger partial charge is 0.214 e. The predicted molar refractivity (Wildman–Crippen MR) is 104 cm³/mol. The van der Waals surface area contributed by atoms with Crippen LogP contribution < -0.4 is 4.72 Å². The molecule has 1 unspecified atom stereocenters. The van der Waals surface area contributed by atoms with Gasteiger partial charge in [-0.15, -0.1) is 0 Å². The van der Waals surface area contributed by atoms with Gasteiger partial charge in [0, 0.05) is 12.6 Å². The highest BCUT2D eigenvalue weighted by Crippen LogP contribution is 2.32. The zero-order chi connectivity index (χ0) is 18.0. The van der Waals surface area contributed by atoms with Gasteiger partial charge in [0.05, 0.1) is 11.3 Å². The molecule has 2 aliphatic rings. The lowest BCUT2D eigenvalue weighted by atomic mass is 9.94. The number of sulfonamides is 1. The number of hydrogen-bond acceptors (Lipinski definition) is 3. The topological polar surface area (TPSA) is 49.4 Å². The van der Waals surface area contributed by atoms with E-state index in [2.05, 4.69) is 58.2 Å². The van der Waals surface area contributed by atoms with Crippen LogP contribution in [0.25, 0.3) is 0 Å². The molecule has 2 aromatic carbocycles. The van der Waals surface area contributed by atoms with E-state index in [0.717, 1.165) is 38.8 Å². The molecule has 26 heavy (non-hydrogen) atoms. The Kier molecular flexibility index (Phi) is 5.11. The van der Waals surface area contributed by atoms with Crippen LogP contribution in [0.5, 0.6) is 0 Å². The van der Waals surface area contributed by atoms with Crippen molar-refractivity contribution < 1.29 is 8.42 Å². The van der Waals surface area contributed by atoms with Gasteiger partial charge >= 0.3 is 0 Å². The van der Waals surface area contributed by atoms with E-state index >= 15 is 0 Å². The molecule has 5 heteroatoms. The molecule has 0 bridgehead atoms. The van der Waals surface area contributed by atoms with Crippen molar-refractivity contribution >= 4 is 10.0 Å². The molecule has 0 amide bonds. The van der Waals surface area contributed by atoms with E-state index in [0.29, 0.717) is 0 Å². The van der Waals surface area contributed by atoms with E-state index in [1.54, 1.807) is 0 Å². The zero-order valence-corrected chi connectivity index (χ0v) is 15.7. The first-order valence-electron chi connectivity index (χ1n) is 9.48. The molecule has 0 spiro atoms. The number of hydrogen-bond donors (Lipinski definition) is 1. The van der Waals surface area contributed by atoms with Crippen LogP contribution in [0.2, 0.25) is 0 Å². The van der Waals surface area contributed by atoms with Crippen molar-refractivity contribution in [1.82, 2.24) is 9.62 Å². The molecule has 2 aromatic rings.